The zero-order valence-corrected chi connectivity index (χ0v) is 9.78. The minimum Gasteiger partial charge on any atom is -0.423 e. The average molecular weight is 258 g/mol. The lowest BCUT2D eigenvalue weighted by Gasteiger charge is -2.04. The van der Waals surface area contributed by atoms with Crippen molar-refractivity contribution in [3.8, 4) is 5.75 Å². The molecule has 2 rings (SSSR count). The maximum Gasteiger partial charge on any atom is 0.343 e. The van der Waals surface area contributed by atoms with Gasteiger partial charge in [-0.3, -0.25) is 10.1 Å². The largest absolute Gasteiger partial charge is 0.423 e. The van der Waals surface area contributed by atoms with Crippen molar-refractivity contribution in [3.05, 3.63) is 64.2 Å². The number of non-ortho nitro benzene ring substituents is 1. The number of esters is 1. The monoisotopic (exact) mass is 258 g/mol. The maximum atomic E-state index is 11.8. The second-order valence-corrected chi connectivity index (χ2v) is 3.76. The summed E-state index contributed by atoms with van der Waals surface area (Å²) in [5.74, 6) is -0.225. The molecule has 0 aromatic heterocycles. The number of anilines is 1. The Bertz CT molecular complexity index is 606. The summed E-state index contributed by atoms with van der Waals surface area (Å²) >= 11 is 0. The van der Waals surface area contributed by atoms with Crippen molar-refractivity contribution in [1.82, 2.24) is 0 Å². The minimum absolute atomic E-state index is 0.0796. The van der Waals surface area contributed by atoms with Crippen LogP contribution in [0.4, 0.5) is 11.4 Å². The fourth-order valence-corrected chi connectivity index (χ4v) is 1.42. The Morgan fingerprint density at radius 3 is 2.16 bits per heavy atom. The number of ether oxygens (including phenoxy) is 1. The third kappa shape index (κ3) is 3.06. The number of hydrogen-bond donors (Lipinski definition) is 1. The molecule has 19 heavy (non-hydrogen) atoms. The lowest BCUT2D eigenvalue weighted by Crippen LogP contribution is -2.08. The second-order valence-electron chi connectivity index (χ2n) is 3.76. The number of nitrogens with two attached hydrogens (primary N) is 1. The van der Waals surface area contributed by atoms with Crippen molar-refractivity contribution < 1.29 is 14.5 Å². The van der Waals surface area contributed by atoms with E-state index in [0.717, 1.165) is 0 Å². The molecule has 0 amide bonds. The molecule has 0 aliphatic heterocycles. The third-order valence-corrected chi connectivity index (χ3v) is 2.40. The van der Waals surface area contributed by atoms with E-state index in [1.54, 1.807) is 24.3 Å². The van der Waals surface area contributed by atoms with Crippen molar-refractivity contribution in [1.29, 1.82) is 0 Å². The van der Waals surface area contributed by atoms with E-state index in [0.29, 0.717) is 11.4 Å². The Morgan fingerprint density at radius 2 is 1.63 bits per heavy atom. The highest BCUT2D eigenvalue weighted by Crippen LogP contribution is 2.17. The fraction of sp³-hybridized carbons (Fsp3) is 0. The Hall–Kier alpha value is -2.89. The molecule has 0 heterocycles. The molecule has 0 saturated heterocycles. The molecule has 2 aromatic rings. The van der Waals surface area contributed by atoms with Gasteiger partial charge in [-0.2, -0.15) is 0 Å². The highest BCUT2D eigenvalue weighted by atomic mass is 16.6. The fourth-order valence-electron chi connectivity index (χ4n) is 1.42. The van der Waals surface area contributed by atoms with E-state index in [-0.39, 0.29) is 11.3 Å². The zero-order chi connectivity index (χ0) is 13.8. The summed E-state index contributed by atoms with van der Waals surface area (Å²) in [6.07, 6.45) is 0. The Kier molecular flexibility index (Phi) is 3.42. The summed E-state index contributed by atoms with van der Waals surface area (Å²) < 4.78 is 5.09. The van der Waals surface area contributed by atoms with Gasteiger partial charge >= 0.3 is 5.97 Å². The summed E-state index contributed by atoms with van der Waals surface area (Å²) in [6.45, 7) is 0. The van der Waals surface area contributed by atoms with Crippen molar-refractivity contribution in [2.24, 2.45) is 0 Å². The van der Waals surface area contributed by atoms with Gasteiger partial charge in [0.1, 0.15) is 5.75 Å². The standard InChI is InChI=1S/C13H10N2O4/c14-10-3-7-12(8-4-10)19-13(16)9-1-5-11(6-2-9)15(17)18/h1-8H,14H2. The van der Waals surface area contributed by atoms with E-state index in [1.807, 2.05) is 0 Å². The molecule has 2 N–H and O–H groups in total. The predicted octanol–water partition coefficient (Wildman–Crippen LogP) is 2.40. The molecule has 0 bridgehead atoms. The van der Waals surface area contributed by atoms with Gasteiger partial charge in [0.15, 0.2) is 0 Å². The Balaban J connectivity index is 2.11. The van der Waals surface area contributed by atoms with Crippen LogP contribution in [-0.4, -0.2) is 10.9 Å². The van der Waals surface area contributed by atoms with Crippen molar-refractivity contribution in [2.75, 3.05) is 5.73 Å². The van der Waals surface area contributed by atoms with Gasteiger partial charge in [0.2, 0.25) is 0 Å². The first-order valence-electron chi connectivity index (χ1n) is 5.38. The van der Waals surface area contributed by atoms with Crippen molar-refractivity contribution in [3.63, 3.8) is 0 Å². The first kappa shape index (κ1) is 12.6. The Morgan fingerprint density at radius 1 is 1.05 bits per heavy atom. The molecular formula is C13H10N2O4. The SMILES string of the molecule is Nc1ccc(OC(=O)c2ccc([N+](=O)[O-])cc2)cc1. The van der Waals surface area contributed by atoms with Crippen molar-refractivity contribution >= 4 is 17.3 Å². The number of rotatable bonds is 3. The number of benzene rings is 2. The van der Waals surface area contributed by atoms with Crippen LogP contribution in [0.1, 0.15) is 10.4 Å². The molecule has 2 aromatic carbocycles. The van der Waals surface area contributed by atoms with E-state index < -0.39 is 10.9 Å². The normalized spacial score (nSPS) is 9.89. The zero-order valence-electron chi connectivity index (χ0n) is 9.78. The quantitative estimate of drug-likeness (QED) is 0.300. The van der Waals surface area contributed by atoms with Crippen LogP contribution in [-0.2, 0) is 0 Å². The molecular weight excluding hydrogens is 248 g/mol. The van der Waals surface area contributed by atoms with Gasteiger partial charge in [0, 0.05) is 17.8 Å². The van der Waals surface area contributed by atoms with Crippen LogP contribution in [0.3, 0.4) is 0 Å². The van der Waals surface area contributed by atoms with E-state index in [2.05, 4.69) is 0 Å². The molecule has 0 fully saturated rings. The van der Waals surface area contributed by atoms with Crippen molar-refractivity contribution in [2.45, 2.75) is 0 Å². The highest BCUT2D eigenvalue weighted by molar-refractivity contribution is 5.91. The van der Waals surface area contributed by atoms with Crippen LogP contribution in [0.2, 0.25) is 0 Å². The molecule has 0 spiro atoms. The second kappa shape index (κ2) is 5.18. The maximum absolute atomic E-state index is 11.8. The number of nitrogens with zero attached hydrogens (tertiary/aromatic N) is 1. The first-order chi connectivity index (χ1) is 9.06. The summed E-state index contributed by atoms with van der Waals surface area (Å²) in [5.41, 5.74) is 6.23. The van der Waals surface area contributed by atoms with Crippen LogP contribution >= 0.6 is 0 Å². The third-order valence-electron chi connectivity index (χ3n) is 2.40. The molecule has 0 aliphatic carbocycles. The molecule has 0 saturated carbocycles. The lowest BCUT2D eigenvalue weighted by molar-refractivity contribution is -0.384. The molecule has 0 atom stereocenters. The van der Waals surface area contributed by atoms with Gasteiger partial charge in [0.25, 0.3) is 5.69 Å². The van der Waals surface area contributed by atoms with Gasteiger partial charge in [-0.25, -0.2) is 4.79 Å². The highest BCUT2D eigenvalue weighted by Gasteiger charge is 2.11. The molecule has 6 heteroatoms. The minimum atomic E-state index is -0.584. The first-order valence-corrected chi connectivity index (χ1v) is 5.38. The van der Waals surface area contributed by atoms with Gasteiger partial charge in [0.05, 0.1) is 10.5 Å². The molecule has 0 aliphatic rings. The number of carbonyl (C=O) groups excluding carboxylic acids is 1. The molecule has 0 radical (unpaired) electrons. The molecule has 6 nitrogen and oxygen atoms in total. The smallest absolute Gasteiger partial charge is 0.343 e. The van der Waals surface area contributed by atoms with Gasteiger partial charge in [-0.05, 0) is 36.4 Å². The summed E-state index contributed by atoms with van der Waals surface area (Å²) in [4.78, 5) is 21.7. The number of carbonyl (C=O) groups is 1. The number of nitrogen functional groups attached to an aromatic ring is 1. The van der Waals surface area contributed by atoms with E-state index >= 15 is 0 Å². The van der Waals surface area contributed by atoms with Crippen LogP contribution in [0, 0.1) is 10.1 Å². The van der Waals surface area contributed by atoms with Crippen LogP contribution in [0.15, 0.2) is 48.5 Å². The summed E-state index contributed by atoms with van der Waals surface area (Å²) in [7, 11) is 0. The number of hydrogen-bond acceptors (Lipinski definition) is 5. The summed E-state index contributed by atoms with van der Waals surface area (Å²) in [5, 5.41) is 10.5. The van der Waals surface area contributed by atoms with E-state index in [4.69, 9.17) is 10.5 Å². The predicted molar refractivity (Wildman–Crippen MR) is 68.9 cm³/mol. The van der Waals surface area contributed by atoms with E-state index in [1.165, 1.54) is 24.3 Å². The molecule has 0 unspecified atom stereocenters. The lowest BCUT2D eigenvalue weighted by atomic mass is 10.2. The summed E-state index contributed by atoms with van der Waals surface area (Å²) in [6, 6.07) is 11.5. The van der Waals surface area contributed by atoms with E-state index in [9.17, 15) is 14.9 Å². The van der Waals surface area contributed by atoms with Crippen LogP contribution in [0.5, 0.6) is 5.75 Å². The number of nitro groups is 1. The van der Waals surface area contributed by atoms with Crippen LogP contribution < -0.4 is 10.5 Å². The van der Waals surface area contributed by atoms with Crippen LogP contribution in [0.25, 0.3) is 0 Å². The van der Waals surface area contributed by atoms with Gasteiger partial charge in [-0.1, -0.05) is 0 Å². The average Bonchev–Trinajstić information content (AvgIpc) is 2.41. The Labute approximate surface area is 108 Å². The van der Waals surface area contributed by atoms with Gasteiger partial charge < -0.3 is 10.5 Å². The topological polar surface area (TPSA) is 95.5 Å². The molecule has 96 valence electrons. The number of nitro benzene ring substituents is 1. The van der Waals surface area contributed by atoms with Gasteiger partial charge in [-0.15, -0.1) is 0 Å².